The number of pyridine rings is 1. The van der Waals surface area contributed by atoms with Gasteiger partial charge in [0.25, 0.3) is 0 Å². The highest BCUT2D eigenvalue weighted by atomic mass is 32.1. The molecular formula is C14H19N5S. The maximum atomic E-state index is 5.82. The monoisotopic (exact) mass is 289 g/mol. The van der Waals surface area contributed by atoms with Crippen LogP contribution in [0.5, 0.6) is 0 Å². The van der Waals surface area contributed by atoms with Crippen molar-refractivity contribution in [2.24, 2.45) is 12.8 Å². The van der Waals surface area contributed by atoms with Gasteiger partial charge in [-0.3, -0.25) is 9.67 Å². The molecule has 2 aromatic rings. The zero-order valence-electron chi connectivity index (χ0n) is 12.2. The summed E-state index contributed by atoms with van der Waals surface area (Å²) < 4.78 is 1.81. The summed E-state index contributed by atoms with van der Waals surface area (Å²) in [7, 11) is 3.88. The Morgan fingerprint density at radius 2 is 2.10 bits per heavy atom. The average molecular weight is 289 g/mol. The van der Waals surface area contributed by atoms with Gasteiger partial charge in [0, 0.05) is 19.8 Å². The predicted molar refractivity (Wildman–Crippen MR) is 84.9 cm³/mol. The fourth-order valence-corrected chi connectivity index (χ4v) is 2.62. The summed E-state index contributed by atoms with van der Waals surface area (Å²) in [5, 5.41) is 4.40. The van der Waals surface area contributed by atoms with Crippen molar-refractivity contribution in [1.82, 2.24) is 14.8 Å². The smallest absolute Gasteiger partial charge is 0.137 e. The topological polar surface area (TPSA) is 60.0 Å². The maximum Gasteiger partial charge on any atom is 0.137 e. The average Bonchev–Trinajstić information content (AvgIpc) is 2.64. The number of hydrogen-bond acceptors (Lipinski definition) is 4. The first kappa shape index (κ1) is 14.5. The minimum absolute atomic E-state index is 0.370. The molecule has 2 aromatic heterocycles. The largest absolute Gasteiger partial charge is 0.389 e. The number of nitrogens with two attached hydrogens (primary N) is 1. The molecule has 2 heterocycles. The van der Waals surface area contributed by atoms with Gasteiger partial charge < -0.3 is 10.6 Å². The molecule has 0 saturated heterocycles. The first-order valence-electron chi connectivity index (χ1n) is 6.37. The molecule has 0 bridgehead atoms. The van der Waals surface area contributed by atoms with Gasteiger partial charge in [-0.05, 0) is 26.0 Å². The summed E-state index contributed by atoms with van der Waals surface area (Å²) in [6.07, 6.45) is 0. The van der Waals surface area contributed by atoms with Crippen LogP contribution in [-0.2, 0) is 13.6 Å². The molecule has 0 aliphatic heterocycles. The zero-order chi connectivity index (χ0) is 14.9. The van der Waals surface area contributed by atoms with Crippen molar-refractivity contribution in [3.05, 3.63) is 40.8 Å². The Bertz CT molecular complexity index is 647. The van der Waals surface area contributed by atoms with Crippen LogP contribution in [0.4, 0.5) is 5.82 Å². The predicted octanol–water partition coefficient (Wildman–Crippen LogP) is 1.70. The van der Waals surface area contributed by atoms with Crippen LogP contribution >= 0.6 is 12.2 Å². The fraction of sp³-hybridized carbons (Fsp3) is 0.357. The second-order valence-electron chi connectivity index (χ2n) is 4.90. The van der Waals surface area contributed by atoms with E-state index in [9.17, 15) is 0 Å². The summed E-state index contributed by atoms with van der Waals surface area (Å²) in [5.74, 6) is 0.915. The highest BCUT2D eigenvalue weighted by molar-refractivity contribution is 7.80. The van der Waals surface area contributed by atoms with E-state index in [0.29, 0.717) is 11.5 Å². The molecule has 6 heteroatoms. The van der Waals surface area contributed by atoms with Gasteiger partial charge in [-0.25, -0.2) is 0 Å². The molecule has 106 valence electrons. The molecule has 0 saturated carbocycles. The van der Waals surface area contributed by atoms with E-state index in [2.05, 4.69) is 15.0 Å². The third-order valence-corrected chi connectivity index (χ3v) is 3.35. The van der Waals surface area contributed by atoms with Crippen LogP contribution in [0.25, 0.3) is 0 Å². The van der Waals surface area contributed by atoms with Crippen LogP contribution in [0.15, 0.2) is 18.2 Å². The Morgan fingerprint density at radius 1 is 1.40 bits per heavy atom. The third kappa shape index (κ3) is 2.80. The SMILES string of the molecule is Cc1cccc(CN(C)c2c(C(N)=S)c(C)nn2C)n1. The third-order valence-electron chi connectivity index (χ3n) is 3.15. The number of thiocarbonyl (C=S) groups is 1. The summed E-state index contributed by atoms with van der Waals surface area (Å²) in [5.41, 5.74) is 9.50. The molecule has 0 aromatic carbocycles. The summed E-state index contributed by atoms with van der Waals surface area (Å²) in [6.45, 7) is 4.57. The van der Waals surface area contributed by atoms with Crippen molar-refractivity contribution in [3.63, 3.8) is 0 Å². The van der Waals surface area contributed by atoms with E-state index in [1.807, 2.05) is 46.1 Å². The quantitative estimate of drug-likeness (QED) is 0.868. The molecule has 20 heavy (non-hydrogen) atoms. The van der Waals surface area contributed by atoms with Gasteiger partial charge in [0.05, 0.1) is 23.5 Å². The molecule has 0 aliphatic carbocycles. The maximum absolute atomic E-state index is 5.82. The van der Waals surface area contributed by atoms with E-state index in [1.54, 1.807) is 4.68 Å². The minimum atomic E-state index is 0.370. The molecule has 0 fully saturated rings. The van der Waals surface area contributed by atoms with Crippen molar-refractivity contribution in [2.75, 3.05) is 11.9 Å². The Balaban J connectivity index is 2.34. The van der Waals surface area contributed by atoms with E-state index in [0.717, 1.165) is 28.5 Å². The number of rotatable bonds is 4. The first-order chi connectivity index (χ1) is 9.40. The highest BCUT2D eigenvalue weighted by Gasteiger charge is 2.19. The normalized spacial score (nSPS) is 10.6. The Morgan fingerprint density at radius 3 is 2.70 bits per heavy atom. The van der Waals surface area contributed by atoms with Gasteiger partial charge in [-0.15, -0.1) is 0 Å². The highest BCUT2D eigenvalue weighted by Crippen LogP contribution is 2.23. The van der Waals surface area contributed by atoms with Crippen molar-refractivity contribution < 1.29 is 0 Å². The van der Waals surface area contributed by atoms with Gasteiger partial charge in [0.2, 0.25) is 0 Å². The van der Waals surface area contributed by atoms with Crippen molar-refractivity contribution in [3.8, 4) is 0 Å². The van der Waals surface area contributed by atoms with Gasteiger partial charge in [0.15, 0.2) is 0 Å². The van der Waals surface area contributed by atoms with E-state index in [1.165, 1.54) is 0 Å². The lowest BCUT2D eigenvalue weighted by Crippen LogP contribution is -2.24. The molecule has 2 N–H and O–H groups in total. The van der Waals surface area contributed by atoms with Crippen LogP contribution in [-0.4, -0.2) is 26.8 Å². The Labute approximate surface area is 124 Å². The molecule has 0 aliphatic rings. The number of aryl methyl sites for hydroxylation is 3. The summed E-state index contributed by atoms with van der Waals surface area (Å²) >= 11 is 5.14. The molecule has 5 nitrogen and oxygen atoms in total. The minimum Gasteiger partial charge on any atom is -0.389 e. The molecule has 0 atom stereocenters. The van der Waals surface area contributed by atoms with Crippen molar-refractivity contribution >= 4 is 23.0 Å². The van der Waals surface area contributed by atoms with Gasteiger partial charge >= 0.3 is 0 Å². The molecule has 0 spiro atoms. The van der Waals surface area contributed by atoms with Gasteiger partial charge in [0.1, 0.15) is 10.8 Å². The van der Waals surface area contributed by atoms with Crippen molar-refractivity contribution in [2.45, 2.75) is 20.4 Å². The van der Waals surface area contributed by atoms with Gasteiger partial charge in [-0.1, -0.05) is 18.3 Å². The van der Waals surface area contributed by atoms with Gasteiger partial charge in [-0.2, -0.15) is 5.10 Å². The number of anilines is 1. The fourth-order valence-electron chi connectivity index (χ4n) is 2.38. The number of hydrogen-bond donors (Lipinski definition) is 1. The van der Waals surface area contributed by atoms with Crippen LogP contribution in [0.2, 0.25) is 0 Å². The van der Waals surface area contributed by atoms with E-state index in [4.69, 9.17) is 18.0 Å². The molecule has 0 unspecified atom stereocenters. The standard InChI is InChI=1S/C14H19N5S/c1-9-6-5-7-11(16-9)8-18(3)14-12(13(15)20)10(2)17-19(14)4/h5-7H,8H2,1-4H3,(H2,15,20). The first-order valence-corrected chi connectivity index (χ1v) is 6.78. The molecule has 0 radical (unpaired) electrons. The van der Waals surface area contributed by atoms with E-state index < -0.39 is 0 Å². The van der Waals surface area contributed by atoms with Crippen LogP contribution in [0.1, 0.15) is 22.6 Å². The second kappa shape index (κ2) is 5.58. The summed E-state index contributed by atoms with van der Waals surface area (Å²) in [4.78, 5) is 6.95. The lowest BCUT2D eigenvalue weighted by atomic mass is 10.2. The summed E-state index contributed by atoms with van der Waals surface area (Å²) in [6, 6.07) is 6.00. The molecule has 0 amide bonds. The molecule has 2 rings (SSSR count). The molecular weight excluding hydrogens is 270 g/mol. The zero-order valence-corrected chi connectivity index (χ0v) is 13.0. The van der Waals surface area contributed by atoms with E-state index in [-0.39, 0.29) is 0 Å². The second-order valence-corrected chi connectivity index (χ2v) is 5.34. The Kier molecular flexibility index (Phi) is 4.04. The van der Waals surface area contributed by atoms with Crippen LogP contribution in [0, 0.1) is 13.8 Å². The number of nitrogens with zero attached hydrogens (tertiary/aromatic N) is 4. The number of aromatic nitrogens is 3. The van der Waals surface area contributed by atoms with E-state index >= 15 is 0 Å². The van der Waals surface area contributed by atoms with Crippen LogP contribution in [0.3, 0.4) is 0 Å². The lowest BCUT2D eigenvalue weighted by molar-refractivity contribution is 0.722. The van der Waals surface area contributed by atoms with Crippen molar-refractivity contribution in [1.29, 1.82) is 0 Å². The Hall–Kier alpha value is -1.95. The van der Waals surface area contributed by atoms with Crippen LogP contribution < -0.4 is 10.6 Å². The lowest BCUT2D eigenvalue weighted by Gasteiger charge is -2.20.